The summed E-state index contributed by atoms with van der Waals surface area (Å²) in [5, 5.41) is 2.94. The Hall–Kier alpha value is -2.70. The van der Waals surface area contributed by atoms with Crippen molar-refractivity contribution in [1.82, 2.24) is 9.29 Å². The fraction of sp³-hybridized carbons (Fsp3) is 0.150. The highest BCUT2D eigenvalue weighted by Gasteiger charge is 2.27. The summed E-state index contributed by atoms with van der Waals surface area (Å²) in [7, 11) is -2.03. The minimum atomic E-state index is -3.73. The van der Waals surface area contributed by atoms with Gasteiger partial charge in [-0.25, -0.2) is 8.42 Å². The standard InChI is InChI=1S/C20H21N3O2S/c1-21-19-12-13-22-14-20(19)26(24,25)23(15-17-8-4-2-5-9-17)16-18-10-6-3-7-11-18/h2-14H,15-16H2,1H3,(H,21,22). The van der Waals surface area contributed by atoms with Gasteiger partial charge in [0, 0.05) is 32.5 Å². The smallest absolute Gasteiger partial charge is 0.247 e. The SMILES string of the molecule is CNc1ccncc1S(=O)(=O)N(Cc1ccccc1)Cc1ccccc1. The number of aromatic nitrogens is 1. The number of pyridine rings is 1. The predicted octanol–water partition coefficient (Wildman–Crippen LogP) is 3.51. The normalized spacial score (nSPS) is 11.5. The quantitative estimate of drug-likeness (QED) is 0.694. The lowest BCUT2D eigenvalue weighted by molar-refractivity contribution is 0.401. The highest BCUT2D eigenvalue weighted by Crippen LogP contribution is 2.26. The first-order chi connectivity index (χ1) is 12.6. The minimum Gasteiger partial charge on any atom is -0.387 e. The molecule has 1 heterocycles. The van der Waals surface area contributed by atoms with Crippen molar-refractivity contribution in [2.45, 2.75) is 18.0 Å². The van der Waals surface area contributed by atoms with E-state index in [1.807, 2.05) is 60.7 Å². The molecule has 1 aromatic heterocycles. The number of hydrogen-bond acceptors (Lipinski definition) is 4. The van der Waals surface area contributed by atoms with Crippen LogP contribution in [-0.2, 0) is 23.1 Å². The zero-order chi connectivity index (χ0) is 18.4. The Morgan fingerprint density at radius 1 is 0.885 bits per heavy atom. The first-order valence-electron chi connectivity index (χ1n) is 8.31. The molecule has 0 aliphatic heterocycles. The maximum Gasteiger partial charge on any atom is 0.247 e. The number of anilines is 1. The Labute approximate surface area is 154 Å². The van der Waals surface area contributed by atoms with E-state index in [2.05, 4.69) is 10.3 Å². The highest BCUT2D eigenvalue weighted by atomic mass is 32.2. The summed E-state index contributed by atoms with van der Waals surface area (Å²) >= 11 is 0. The average molecular weight is 367 g/mol. The van der Waals surface area contributed by atoms with Gasteiger partial charge in [-0.15, -0.1) is 0 Å². The number of nitrogens with one attached hydrogen (secondary N) is 1. The van der Waals surface area contributed by atoms with Gasteiger partial charge in [-0.1, -0.05) is 60.7 Å². The monoisotopic (exact) mass is 367 g/mol. The summed E-state index contributed by atoms with van der Waals surface area (Å²) in [4.78, 5) is 4.19. The van der Waals surface area contributed by atoms with Crippen molar-refractivity contribution in [3.8, 4) is 0 Å². The van der Waals surface area contributed by atoms with Crippen LogP contribution < -0.4 is 5.32 Å². The number of hydrogen-bond donors (Lipinski definition) is 1. The summed E-state index contributed by atoms with van der Waals surface area (Å²) in [6, 6.07) is 20.8. The molecule has 0 amide bonds. The second-order valence-corrected chi connectivity index (χ2v) is 7.77. The maximum atomic E-state index is 13.4. The van der Waals surface area contributed by atoms with Crippen molar-refractivity contribution >= 4 is 15.7 Å². The van der Waals surface area contributed by atoms with Crippen LogP contribution in [-0.4, -0.2) is 24.8 Å². The van der Waals surface area contributed by atoms with Crippen LogP contribution >= 0.6 is 0 Å². The highest BCUT2D eigenvalue weighted by molar-refractivity contribution is 7.89. The zero-order valence-corrected chi connectivity index (χ0v) is 15.4. The van der Waals surface area contributed by atoms with Crippen molar-refractivity contribution in [3.05, 3.63) is 90.3 Å². The largest absolute Gasteiger partial charge is 0.387 e. The summed E-state index contributed by atoms with van der Waals surface area (Å²) in [5.74, 6) is 0. The van der Waals surface area contributed by atoms with Crippen LogP contribution in [0.1, 0.15) is 11.1 Å². The van der Waals surface area contributed by atoms with Crippen molar-refractivity contribution < 1.29 is 8.42 Å². The molecular weight excluding hydrogens is 346 g/mol. The maximum absolute atomic E-state index is 13.4. The summed E-state index contributed by atoms with van der Waals surface area (Å²) in [5.41, 5.74) is 2.40. The lowest BCUT2D eigenvalue weighted by atomic mass is 10.2. The van der Waals surface area contributed by atoms with Gasteiger partial charge in [-0.2, -0.15) is 4.31 Å². The first-order valence-corrected chi connectivity index (χ1v) is 9.75. The third kappa shape index (κ3) is 4.09. The van der Waals surface area contributed by atoms with Crippen LogP contribution in [0.15, 0.2) is 84.0 Å². The van der Waals surface area contributed by atoms with Crippen LogP contribution in [0.3, 0.4) is 0 Å². The lowest BCUT2D eigenvalue weighted by Crippen LogP contribution is -2.31. The second-order valence-electron chi connectivity index (χ2n) is 5.87. The molecular formula is C20H21N3O2S. The molecule has 0 aliphatic carbocycles. The molecule has 6 heteroatoms. The van der Waals surface area contributed by atoms with E-state index < -0.39 is 10.0 Å². The molecule has 0 saturated heterocycles. The third-order valence-electron chi connectivity index (χ3n) is 4.08. The van der Waals surface area contributed by atoms with Gasteiger partial charge in [0.05, 0.1) is 5.69 Å². The molecule has 5 nitrogen and oxygen atoms in total. The fourth-order valence-corrected chi connectivity index (χ4v) is 4.29. The molecule has 3 rings (SSSR count). The van der Waals surface area contributed by atoms with E-state index in [1.54, 1.807) is 19.3 Å². The van der Waals surface area contributed by atoms with Gasteiger partial charge >= 0.3 is 0 Å². The number of rotatable bonds is 7. The average Bonchev–Trinajstić information content (AvgIpc) is 2.69. The number of nitrogens with zero attached hydrogens (tertiary/aromatic N) is 2. The molecule has 0 spiro atoms. The van der Waals surface area contributed by atoms with E-state index in [1.165, 1.54) is 10.5 Å². The lowest BCUT2D eigenvalue weighted by Gasteiger charge is -2.23. The van der Waals surface area contributed by atoms with E-state index in [4.69, 9.17) is 0 Å². The van der Waals surface area contributed by atoms with Gasteiger partial charge in [0.2, 0.25) is 10.0 Å². The van der Waals surface area contributed by atoms with E-state index in [0.29, 0.717) is 5.69 Å². The number of benzene rings is 2. The molecule has 26 heavy (non-hydrogen) atoms. The minimum absolute atomic E-state index is 0.175. The van der Waals surface area contributed by atoms with Crippen LogP contribution in [0.2, 0.25) is 0 Å². The van der Waals surface area contributed by atoms with Crippen molar-refractivity contribution in [2.75, 3.05) is 12.4 Å². The molecule has 0 saturated carbocycles. The molecule has 0 unspecified atom stereocenters. The molecule has 0 radical (unpaired) electrons. The molecule has 3 aromatic rings. The summed E-state index contributed by atoms with van der Waals surface area (Å²) < 4.78 is 28.2. The van der Waals surface area contributed by atoms with Gasteiger partial charge in [0.25, 0.3) is 0 Å². The topological polar surface area (TPSA) is 62.3 Å². The van der Waals surface area contributed by atoms with E-state index in [0.717, 1.165) is 11.1 Å². The Morgan fingerprint density at radius 3 is 1.92 bits per heavy atom. The van der Waals surface area contributed by atoms with Crippen LogP contribution in [0, 0.1) is 0 Å². The van der Waals surface area contributed by atoms with Gasteiger partial charge < -0.3 is 5.32 Å². The van der Waals surface area contributed by atoms with Gasteiger partial charge in [-0.3, -0.25) is 4.98 Å². The van der Waals surface area contributed by atoms with E-state index >= 15 is 0 Å². The second kappa shape index (κ2) is 8.12. The Bertz CT molecular complexity index is 904. The molecule has 1 N–H and O–H groups in total. The molecule has 0 atom stereocenters. The predicted molar refractivity (Wildman–Crippen MR) is 103 cm³/mol. The molecule has 134 valence electrons. The van der Waals surface area contributed by atoms with Gasteiger partial charge in [0.15, 0.2) is 0 Å². The molecule has 2 aromatic carbocycles. The fourth-order valence-electron chi connectivity index (χ4n) is 2.73. The van der Waals surface area contributed by atoms with Crippen LogP contribution in [0.25, 0.3) is 0 Å². The molecule has 0 bridgehead atoms. The number of sulfonamides is 1. The van der Waals surface area contributed by atoms with Crippen LogP contribution in [0.5, 0.6) is 0 Å². The van der Waals surface area contributed by atoms with Gasteiger partial charge in [0.1, 0.15) is 4.90 Å². The summed E-state index contributed by atoms with van der Waals surface area (Å²) in [6.45, 7) is 0.576. The molecule has 0 fully saturated rings. The van der Waals surface area contributed by atoms with Gasteiger partial charge in [-0.05, 0) is 17.2 Å². The Balaban J connectivity index is 2.01. The first kappa shape index (κ1) is 18.1. The van der Waals surface area contributed by atoms with Crippen molar-refractivity contribution in [2.24, 2.45) is 0 Å². The zero-order valence-electron chi connectivity index (χ0n) is 14.5. The Morgan fingerprint density at radius 2 is 1.42 bits per heavy atom. The van der Waals surface area contributed by atoms with Crippen molar-refractivity contribution in [3.63, 3.8) is 0 Å². The van der Waals surface area contributed by atoms with Crippen LogP contribution in [0.4, 0.5) is 5.69 Å². The van der Waals surface area contributed by atoms with E-state index in [9.17, 15) is 8.42 Å². The van der Waals surface area contributed by atoms with Crippen molar-refractivity contribution in [1.29, 1.82) is 0 Å². The van der Waals surface area contributed by atoms with E-state index in [-0.39, 0.29) is 18.0 Å². The molecule has 0 aliphatic rings. The third-order valence-corrected chi connectivity index (χ3v) is 5.89. The Kier molecular flexibility index (Phi) is 5.65. The summed E-state index contributed by atoms with van der Waals surface area (Å²) in [6.07, 6.45) is 2.97.